The van der Waals surface area contributed by atoms with Crippen molar-refractivity contribution in [1.29, 1.82) is 0 Å². The van der Waals surface area contributed by atoms with Crippen molar-refractivity contribution in [3.8, 4) is 0 Å². The summed E-state index contributed by atoms with van der Waals surface area (Å²) in [5.41, 5.74) is 4.30. The first-order valence-electron chi connectivity index (χ1n) is 7.36. The first kappa shape index (κ1) is 20.4. The summed E-state index contributed by atoms with van der Waals surface area (Å²) in [4.78, 5) is 0. The molecule has 0 aliphatic heterocycles. The lowest BCUT2D eigenvalue weighted by atomic mass is 9.93. The van der Waals surface area contributed by atoms with E-state index in [9.17, 15) is 18.3 Å². The van der Waals surface area contributed by atoms with E-state index in [1.54, 1.807) is 0 Å². The first-order valence-corrected chi connectivity index (χ1v) is 7.73. The molecule has 0 radical (unpaired) electrons. The minimum absolute atomic E-state index is 0. The molecule has 0 saturated heterocycles. The molecule has 23 heavy (non-hydrogen) atoms. The van der Waals surface area contributed by atoms with Crippen LogP contribution in [0.2, 0.25) is 5.02 Å². The number of nitrogens with two attached hydrogens (primary N) is 1. The molecular formula is C15H21Cl2F3N2O. The van der Waals surface area contributed by atoms with Crippen molar-refractivity contribution in [1.82, 2.24) is 5.32 Å². The average molecular weight is 373 g/mol. The lowest BCUT2D eigenvalue weighted by Gasteiger charge is -2.28. The zero-order valence-electron chi connectivity index (χ0n) is 12.5. The van der Waals surface area contributed by atoms with Crippen molar-refractivity contribution in [3.63, 3.8) is 0 Å². The molecule has 0 amide bonds. The van der Waals surface area contributed by atoms with E-state index in [0.29, 0.717) is 5.56 Å². The maximum atomic E-state index is 13.0. The van der Waals surface area contributed by atoms with Gasteiger partial charge in [0.2, 0.25) is 0 Å². The molecule has 1 unspecified atom stereocenters. The normalized spacial score (nSPS) is 17.6. The summed E-state index contributed by atoms with van der Waals surface area (Å²) >= 11 is 5.83. The van der Waals surface area contributed by atoms with Crippen molar-refractivity contribution >= 4 is 29.7 Å². The summed E-state index contributed by atoms with van der Waals surface area (Å²) < 4.78 is 39.0. The maximum absolute atomic E-state index is 13.0. The molecule has 1 fully saturated rings. The van der Waals surface area contributed by atoms with E-state index in [1.165, 1.54) is 12.5 Å². The highest BCUT2D eigenvalue weighted by Gasteiger charge is 2.35. The molecule has 0 spiro atoms. The van der Waals surface area contributed by atoms with E-state index in [4.69, 9.17) is 17.3 Å². The Morgan fingerprint density at radius 2 is 1.87 bits per heavy atom. The van der Waals surface area contributed by atoms with E-state index >= 15 is 0 Å². The van der Waals surface area contributed by atoms with Crippen LogP contribution < -0.4 is 11.1 Å². The fourth-order valence-electron chi connectivity index (χ4n) is 2.88. The van der Waals surface area contributed by atoms with Gasteiger partial charge in [-0.05, 0) is 30.5 Å². The molecule has 0 aromatic heterocycles. The van der Waals surface area contributed by atoms with Gasteiger partial charge in [-0.25, -0.2) is 0 Å². The minimum Gasteiger partial charge on any atom is -0.397 e. The second kappa shape index (κ2) is 8.42. The molecule has 1 aromatic rings. The van der Waals surface area contributed by atoms with Crippen molar-refractivity contribution in [2.24, 2.45) is 0 Å². The monoisotopic (exact) mass is 372 g/mol. The van der Waals surface area contributed by atoms with Crippen LogP contribution in [0.3, 0.4) is 0 Å². The van der Waals surface area contributed by atoms with E-state index in [1.807, 2.05) is 0 Å². The van der Waals surface area contributed by atoms with Gasteiger partial charge < -0.3 is 16.2 Å². The third-order valence-electron chi connectivity index (χ3n) is 4.08. The quantitative estimate of drug-likeness (QED) is 0.689. The number of nitrogens with one attached hydrogen (secondary N) is 1. The van der Waals surface area contributed by atoms with Crippen LogP contribution in [0.4, 0.5) is 18.9 Å². The van der Waals surface area contributed by atoms with Crippen LogP contribution in [0.15, 0.2) is 12.1 Å². The Kier molecular flexibility index (Phi) is 7.45. The summed E-state index contributed by atoms with van der Waals surface area (Å²) in [5, 5.41) is 12.6. The Bertz CT molecular complexity index is 520. The number of aliphatic hydroxyl groups is 1. The molecule has 0 heterocycles. The predicted octanol–water partition coefficient (Wildman–Crippen LogP) is 4.32. The Balaban J connectivity index is 0.00000264. The number of hydrogen-bond donors (Lipinski definition) is 3. The zero-order chi connectivity index (χ0) is 16.3. The van der Waals surface area contributed by atoms with E-state index in [0.717, 1.165) is 31.7 Å². The molecule has 3 nitrogen and oxygen atoms in total. The molecule has 1 aliphatic carbocycles. The fraction of sp³-hybridized carbons (Fsp3) is 0.600. The highest BCUT2D eigenvalue weighted by atomic mass is 35.5. The zero-order valence-corrected chi connectivity index (χ0v) is 14.1. The van der Waals surface area contributed by atoms with Crippen LogP contribution in [0, 0.1) is 0 Å². The number of aliphatic hydroxyl groups excluding tert-OH is 1. The van der Waals surface area contributed by atoms with Crippen LogP contribution in [0.1, 0.15) is 49.3 Å². The van der Waals surface area contributed by atoms with Crippen LogP contribution in [-0.4, -0.2) is 17.8 Å². The van der Waals surface area contributed by atoms with Gasteiger partial charge in [0.1, 0.15) is 0 Å². The number of rotatable bonds is 4. The van der Waals surface area contributed by atoms with Gasteiger partial charge in [0.25, 0.3) is 0 Å². The van der Waals surface area contributed by atoms with Gasteiger partial charge in [0, 0.05) is 6.04 Å². The Hall–Kier alpha value is -0.690. The van der Waals surface area contributed by atoms with Crippen LogP contribution in [-0.2, 0) is 6.18 Å². The Labute approximate surface area is 144 Å². The number of halogens is 5. The highest BCUT2D eigenvalue weighted by molar-refractivity contribution is 6.33. The number of benzene rings is 1. The van der Waals surface area contributed by atoms with Gasteiger partial charge in [0.05, 0.1) is 28.9 Å². The SMILES string of the molecule is Cl.Nc1c(Cl)cc(C(CO)NC2CCCCC2)cc1C(F)(F)F. The maximum Gasteiger partial charge on any atom is 0.418 e. The number of hydrogen-bond acceptors (Lipinski definition) is 3. The average Bonchev–Trinajstić information content (AvgIpc) is 2.47. The van der Waals surface area contributed by atoms with Crippen LogP contribution >= 0.6 is 24.0 Å². The van der Waals surface area contributed by atoms with E-state index in [2.05, 4.69) is 5.32 Å². The topological polar surface area (TPSA) is 58.3 Å². The molecule has 1 aliphatic rings. The van der Waals surface area contributed by atoms with Crippen LogP contribution in [0.5, 0.6) is 0 Å². The van der Waals surface area contributed by atoms with E-state index < -0.39 is 23.5 Å². The molecule has 1 saturated carbocycles. The molecule has 0 bridgehead atoms. The van der Waals surface area contributed by atoms with Crippen molar-refractivity contribution in [2.75, 3.05) is 12.3 Å². The fourth-order valence-corrected chi connectivity index (χ4v) is 3.11. The summed E-state index contributed by atoms with van der Waals surface area (Å²) in [6.07, 6.45) is 0.706. The molecule has 4 N–H and O–H groups in total. The molecule has 1 aromatic carbocycles. The Morgan fingerprint density at radius 1 is 1.26 bits per heavy atom. The largest absolute Gasteiger partial charge is 0.418 e. The summed E-state index contributed by atoms with van der Waals surface area (Å²) in [6.45, 7) is -0.298. The van der Waals surface area contributed by atoms with Gasteiger partial charge in [-0.1, -0.05) is 30.9 Å². The summed E-state index contributed by atoms with van der Waals surface area (Å²) in [6, 6.07) is 1.99. The van der Waals surface area contributed by atoms with Gasteiger partial charge >= 0.3 is 6.18 Å². The highest BCUT2D eigenvalue weighted by Crippen LogP contribution is 2.39. The molecular weight excluding hydrogens is 352 g/mol. The van der Waals surface area contributed by atoms with Gasteiger partial charge in [-0.2, -0.15) is 13.2 Å². The summed E-state index contributed by atoms with van der Waals surface area (Å²) in [7, 11) is 0. The lowest BCUT2D eigenvalue weighted by molar-refractivity contribution is -0.137. The summed E-state index contributed by atoms with van der Waals surface area (Å²) in [5.74, 6) is 0. The Morgan fingerprint density at radius 3 is 2.39 bits per heavy atom. The van der Waals surface area contributed by atoms with Crippen molar-refractivity contribution < 1.29 is 18.3 Å². The standard InChI is InChI=1S/C15H20ClF3N2O.ClH/c16-12-7-9(6-11(14(12)20)15(17,18)19)13(8-22)21-10-4-2-1-3-5-10;/h6-7,10,13,21-22H,1-5,8,20H2;1H. The third kappa shape index (κ3) is 5.14. The second-order valence-corrected chi connectivity index (χ2v) is 6.11. The number of alkyl halides is 3. The van der Waals surface area contributed by atoms with Crippen molar-refractivity contribution in [2.45, 2.75) is 50.4 Å². The lowest BCUT2D eigenvalue weighted by Crippen LogP contribution is -2.36. The van der Waals surface area contributed by atoms with Gasteiger partial charge in [0.15, 0.2) is 0 Å². The first-order chi connectivity index (χ1) is 10.3. The smallest absolute Gasteiger partial charge is 0.397 e. The second-order valence-electron chi connectivity index (χ2n) is 5.70. The predicted molar refractivity (Wildman–Crippen MR) is 87.9 cm³/mol. The van der Waals surface area contributed by atoms with Crippen molar-refractivity contribution in [3.05, 3.63) is 28.3 Å². The molecule has 1 atom stereocenters. The van der Waals surface area contributed by atoms with E-state index in [-0.39, 0.29) is 30.1 Å². The third-order valence-corrected chi connectivity index (χ3v) is 4.40. The van der Waals surface area contributed by atoms with Crippen LogP contribution in [0.25, 0.3) is 0 Å². The molecule has 8 heteroatoms. The number of nitrogen functional groups attached to an aromatic ring is 1. The minimum atomic E-state index is -4.57. The molecule has 2 rings (SSSR count). The van der Waals surface area contributed by atoms with Gasteiger partial charge in [-0.3, -0.25) is 0 Å². The van der Waals surface area contributed by atoms with Gasteiger partial charge in [-0.15, -0.1) is 12.4 Å². The molecule has 132 valence electrons. The number of anilines is 1.